The molecule has 0 aliphatic carbocycles. The van der Waals surface area contributed by atoms with Crippen molar-refractivity contribution in [1.82, 2.24) is 25.0 Å². The van der Waals surface area contributed by atoms with E-state index in [1.165, 1.54) is 5.56 Å². The molecule has 0 saturated carbocycles. The fourth-order valence-corrected chi connectivity index (χ4v) is 3.88. The highest BCUT2D eigenvalue weighted by Crippen LogP contribution is 2.27. The lowest BCUT2D eigenvalue weighted by atomic mass is 10.0. The Morgan fingerprint density at radius 2 is 1.71 bits per heavy atom. The Labute approximate surface area is 182 Å². The number of amides is 1. The van der Waals surface area contributed by atoms with Gasteiger partial charge < -0.3 is 10.2 Å². The molecule has 0 saturated heterocycles. The molecule has 0 fully saturated rings. The van der Waals surface area contributed by atoms with Gasteiger partial charge in [-0.1, -0.05) is 54.6 Å². The molecule has 31 heavy (non-hydrogen) atoms. The minimum atomic E-state index is -0.125. The van der Waals surface area contributed by atoms with Gasteiger partial charge in [-0.15, -0.1) is 0 Å². The molecule has 1 amide bonds. The first-order valence-electron chi connectivity index (χ1n) is 10.3. The minimum Gasteiger partial charge on any atom is -0.348 e. The number of fused-ring (bicyclic) bond motifs is 1. The molecule has 0 aliphatic rings. The van der Waals surface area contributed by atoms with Crippen LogP contribution in [0.25, 0.3) is 22.3 Å². The van der Waals surface area contributed by atoms with Crippen molar-refractivity contribution >= 4 is 16.9 Å². The molecule has 6 nitrogen and oxygen atoms in total. The zero-order valence-electron chi connectivity index (χ0n) is 18.4. The smallest absolute Gasteiger partial charge is 0.252 e. The van der Waals surface area contributed by atoms with Crippen LogP contribution in [0.1, 0.15) is 27.2 Å². The van der Waals surface area contributed by atoms with Crippen LogP contribution in [0.15, 0.2) is 60.7 Å². The highest BCUT2D eigenvalue weighted by atomic mass is 16.1. The molecule has 0 radical (unpaired) electrons. The third-order valence-corrected chi connectivity index (χ3v) is 5.33. The Balaban J connectivity index is 1.70. The first-order chi connectivity index (χ1) is 14.9. The van der Waals surface area contributed by atoms with Crippen LogP contribution in [0.4, 0.5) is 0 Å². The topological polar surface area (TPSA) is 63.1 Å². The van der Waals surface area contributed by atoms with Crippen molar-refractivity contribution in [3.05, 3.63) is 83.0 Å². The number of hydrogen-bond donors (Lipinski definition) is 1. The summed E-state index contributed by atoms with van der Waals surface area (Å²) in [5, 5.41) is 8.41. The quantitative estimate of drug-likeness (QED) is 0.520. The van der Waals surface area contributed by atoms with Gasteiger partial charge in [-0.2, -0.15) is 5.10 Å². The molecule has 0 spiro atoms. The fraction of sp³-hybridized carbons (Fsp3) is 0.240. The van der Waals surface area contributed by atoms with Gasteiger partial charge >= 0.3 is 0 Å². The van der Waals surface area contributed by atoms with Crippen molar-refractivity contribution in [2.24, 2.45) is 7.05 Å². The number of nitrogens with one attached hydrogen (secondary N) is 1. The van der Waals surface area contributed by atoms with Gasteiger partial charge in [0.05, 0.1) is 22.3 Å². The maximum Gasteiger partial charge on any atom is 0.252 e. The highest BCUT2D eigenvalue weighted by molar-refractivity contribution is 6.07. The van der Waals surface area contributed by atoms with E-state index in [-0.39, 0.29) is 5.91 Å². The maximum atomic E-state index is 13.3. The summed E-state index contributed by atoms with van der Waals surface area (Å²) in [5.41, 5.74) is 6.14. The first kappa shape index (κ1) is 20.8. The molecule has 158 valence electrons. The number of aromatic nitrogens is 3. The molecular formula is C25H27N5O. The Hall–Kier alpha value is -3.51. The number of carbonyl (C=O) groups is 1. The van der Waals surface area contributed by atoms with Crippen LogP contribution in [0, 0.1) is 6.92 Å². The summed E-state index contributed by atoms with van der Waals surface area (Å²) in [6, 6.07) is 20.0. The molecule has 0 atom stereocenters. The highest BCUT2D eigenvalue weighted by Gasteiger charge is 2.19. The average molecular weight is 414 g/mol. The van der Waals surface area contributed by atoms with Crippen LogP contribution in [0.5, 0.6) is 0 Å². The zero-order chi connectivity index (χ0) is 22.0. The van der Waals surface area contributed by atoms with Gasteiger partial charge in [-0.3, -0.25) is 9.48 Å². The number of aryl methyl sites for hydroxylation is 2. The lowest BCUT2D eigenvalue weighted by molar-refractivity contribution is 0.0952. The molecule has 0 unspecified atom stereocenters. The van der Waals surface area contributed by atoms with Crippen molar-refractivity contribution in [3.63, 3.8) is 0 Å². The third-order valence-electron chi connectivity index (χ3n) is 5.33. The van der Waals surface area contributed by atoms with E-state index in [1.54, 1.807) is 4.68 Å². The molecule has 1 N–H and O–H groups in total. The van der Waals surface area contributed by atoms with Crippen LogP contribution in [-0.2, 0) is 20.1 Å². The zero-order valence-corrected chi connectivity index (χ0v) is 18.4. The van der Waals surface area contributed by atoms with E-state index in [4.69, 9.17) is 4.98 Å². The van der Waals surface area contributed by atoms with Crippen LogP contribution < -0.4 is 5.32 Å². The molecule has 2 heterocycles. The first-order valence-corrected chi connectivity index (χ1v) is 10.3. The molecule has 4 aromatic rings. The largest absolute Gasteiger partial charge is 0.348 e. The van der Waals surface area contributed by atoms with E-state index in [9.17, 15) is 4.79 Å². The van der Waals surface area contributed by atoms with Gasteiger partial charge in [0, 0.05) is 25.7 Å². The van der Waals surface area contributed by atoms with Crippen molar-refractivity contribution < 1.29 is 4.79 Å². The van der Waals surface area contributed by atoms with E-state index >= 15 is 0 Å². The van der Waals surface area contributed by atoms with Crippen molar-refractivity contribution in [2.75, 3.05) is 14.1 Å². The predicted octanol–water partition coefficient (Wildman–Crippen LogP) is 3.94. The molecule has 2 aromatic heterocycles. The molecule has 0 aliphatic heterocycles. The number of benzene rings is 2. The van der Waals surface area contributed by atoms with E-state index in [2.05, 4.69) is 27.4 Å². The van der Waals surface area contributed by atoms with Crippen LogP contribution in [-0.4, -0.2) is 39.7 Å². The average Bonchev–Trinajstić information content (AvgIpc) is 3.06. The fourth-order valence-electron chi connectivity index (χ4n) is 3.88. The Kier molecular flexibility index (Phi) is 5.82. The maximum absolute atomic E-state index is 13.3. The number of nitrogens with zero attached hydrogens (tertiary/aromatic N) is 4. The Morgan fingerprint density at radius 3 is 2.42 bits per heavy atom. The third kappa shape index (κ3) is 4.34. The summed E-state index contributed by atoms with van der Waals surface area (Å²) in [6.45, 7) is 3.20. The van der Waals surface area contributed by atoms with E-state index < -0.39 is 0 Å². The van der Waals surface area contributed by atoms with E-state index in [0.717, 1.165) is 34.4 Å². The summed E-state index contributed by atoms with van der Waals surface area (Å²) in [4.78, 5) is 20.2. The second-order valence-electron chi connectivity index (χ2n) is 8.02. The number of hydrogen-bond acceptors (Lipinski definition) is 4. The Morgan fingerprint density at radius 1 is 1.03 bits per heavy atom. The lowest BCUT2D eigenvalue weighted by Gasteiger charge is -2.15. The van der Waals surface area contributed by atoms with Gasteiger partial charge in [-0.25, -0.2) is 4.98 Å². The van der Waals surface area contributed by atoms with Gasteiger partial charge in [-0.05, 0) is 38.2 Å². The van der Waals surface area contributed by atoms with Crippen LogP contribution in [0.2, 0.25) is 0 Å². The summed E-state index contributed by atoms with van der Waals surface area (Å²) >= 11 is 0. The lowest BCUT2D eigenvalue weighted by Crippen LogP contribution is -2.24. The minimum absolute atomic E-state index is 0.125. The van der Waals surface area contributed by atoms with Crippen molar-refractivity contribution in [2.45, 2.75) is 20.0 Å². The standard InChI is InChI=1S/C25H27N5O/c1-17-23-21(25(31)26-15-19-12-8-9-13-20(19)16-29(2)3)14-22(18-10-6-5-7-11-18)27-24(23)30(4)28-17/h5-14H,15-16H2,1-4H3,(H,26,31). The van der Waals surface area contributed by atoms with Gasteiger partial charge in [0.2, 0.25) is 0 Å². The molecule has 0 bridgehead atoms. The van der Waals surface area contributed by atoms with Gasteiger partial charge in [0.15, 0.2) is 5.65 Å². The monoisotopic (exact) mass is 413 g/mol. The summed E-state index contributed by atoms with van der Waals surface area (Å²) in [6.07, 6.45) is 0. The predicted molar refractivity (Wildman–Crippen MR) is 124 cm³/mol. The Bertz CT molecular complexity index is 1230. The summed E-state index contributed by atoms with van der Waals surface area (Å²) in [5.74, 6) is -0.125. The van der Waals surface area contributed by atoms with E-state index in [0.29, 0.717) is 17.8 Å². The van der Waals surface area contributed by atoms with E-state index in [1.807, 2.05) is 76.6 Å². The van der Waals surface area contributed by atoms with Crippen LogP contribution in [0.3, 0.4) is 0 Å². The second kappa shape index (κ2) is 8.70. The molecular weight excluding hydrogens is 386 g/mol. The molecule has 6 heteroatoms. The number of carbonyl (C=O) groups excluding carboxylic acids is 1. The summed E-state index contributed by atoms with van der Waals surface area (Å²) < 4.78 is 1.74. The van der Waals surface area contributed by atoms with Crippen molar-refractivity contribution in [1.29, 1.82) is 0 Å². The van der Waals surface area contributed by atoms with Crippen molar-refractivity contribution in [3.8, 4) is 11.3 Å². The second-order valence-corrected chi connectivity index (χ2v) is 8.02. The van der Waals surface area contributed by atoms with Crippen LogP contribution >= 0.6 is 0 Å². The normalized spacial score (nSPS) is 11.3. The summed E-state index contributed by atoms with van der Waals surface area (Å²) in [7, 11) is 5.94. The number of pyridine rings is 1. The van der Waals surface area contributed by atoms with Gasteiger partial charge in [0.1, 0.15) is 0 Å². The molecule has 4 rings (SSSR count). The van der Waals surface area contributed by atoms with Gasteiger partial charge in [0.25, 0.3) is 5.91 Å². The number of rotatable bonds is 6. The SMILES string of the molecule is Cc1nn(C)c2nc(-c3ccccc3)cc(C(=O)NCc3ccccc3CN(C)C)c12. The molecule has 2 aromatic carbocycles.